The molecule has 2 aromatic rings. The molecule has 2 N–H and O–H groups in total. The van der Waals surface area contributed by atoms with Gasteiger partial charge in [-0.15, -0.1) is 0 Å². The summed E-state index contributed by atoms with van der Waals surface area (Å²) in [6.45, 7) is 0.163. The molecule has 1 aromatic heterocycles. The number of amidine groups is 1. The van der Waals surface area contributed by atoms with E-state index in [4.69, 9.17) is 10.1 Å². The Morgan fingerprint density at radius 2 is 2.11 bits per heavy atom. The molecule has 0 bridgehead atoms. The molecule has 0 saturated heterocycles. The molecule has 1 radical (unpaired) electrons. The first-order chi connectivity index (χ1) is 9.25. The van der Waals surface area contributed by atoms with E-state index in [0.29, 0.717) is 5.69 Å². The average Bonchev–Trinajstić information content (AvgIpc) is 2.47. The van der Waals surface area contributed by atoms with Gasteiger partial charge in [0.15, 0.2) is 5.84 Å². The Labute approximate surface area is 110 Å². The lowest BCUT2D eigenvalue weighted by atomic mass is 10.2. The lowest BCUT2D eigenvalue weighted by Gasteiger charge is -2.07. The zero-order chi connectivity index (χ0) is 13.5. The Morgan fingerprint density at radius 3 is 2.79 bits per heavy atom. The van der Waals surface area contributed by atoms with E-state index < -0.39 is 6.09 Å². The number of ether oxygens (including phenoxy) is 1. The summed E-state index contributed by atoms with van der Waals surface area (Å²) in [5.74, 6) is -0.105. The van der Waals surface area contributed by atoms with E-state index in [9.17, 15) is 4.79 Å². The van der Waals surface area contributed by atoms with Crippen molar-refractivity contribution in [2.75, 3.05) is 0 Å². The molecule has 0 saturated carbocycles. The first-order valence-electron chi connectivity index (χ1n) is 5.64. The average molecular weight is 254 g/mol. The van der Waals surface area contributed by atoms with Crippen molar-refractivity contribution in [3.63, 3.8) is 0 Å². The molecule has 0 aliphatic heterocycles. The van der Waals surface area contributed by atoms with Crippen LogP contribution in [0.4, 0.5) is 4.79 Å². The van der Waals surface area contributed by atoms with E-state index in [1.807, 2.05) is 30.3 Å². The third-order valence-corrected chi connectivity index (χ3v) is 2.31. The first-order valence-corrected chi connectivity index (χ1v) is 5.64. The van der Waals surface area contributed by atoms with Crippen LogP contribution in [-0.4, -0.2) is 16.9 Å². The van der Waals surface area contributed by atoms with Crippen LogP contribution in [0.15, 0.2) is 48.7 Å². The van der Waals surface area contributed by atoms with Gasteiger partial charge in [-0.2, -0.15) is 0 Å². The quantitative estimate of drug-likeness (QED) is 0.650. The summed E-state index contributed by atoms with van der Waals surface area (Å²) in [5.41, 5.74) is 1.24. The van der Waals surface area contributed by atoms with Gasteiger partial charge in [0, 0.05) is 12.3 Å². The van der Waals surface area contributed by atoms with Gasteiger partial charge in [-0.3, -0.25) is 15.7 Å². The monoisotopic (exact) mass is 254 g/mol. The summed E-state index contributed by atoms with van der Waals surface area (Å²) in [7, 11) is 0. The van der Waals surface area contributed by atoms with Crippen molar-refractivity contribution in [1.29, 1.82) is 5.41 Å². The number of amides is 1. The first kappa shape index (κ1) is 12.8. The molecule has 1 heterocycles. The maximum absolute atomic E-state index is 11.5. The number of pyridine rings is 1. The lowest BCUT2D eigenvalue weighted by molar-refractivity contribution is 0.145. The number of alkyl carbamates (subject to hydrolysis) is 1. The molecule has 5 heteroatoms. The highest BCUT2D eigenvalue weighted by atomic mass is 16.5. The zero-order valence-corrected chi connectivity index (χ0v) is 10.1. The van der Waals surface area contributed by atoms with E-state index in [-0.39, 0.29) is 12.4 Å². The lowest BCUT2D eigenvalue weighted by Crippen LogP contribution is -2.31. The van der Waals surface area contributed by atoms with Crippen LogP contribution in [-0.2, 0) is 11.3 Å². The van der Waals surface area contributed by atoms with Crippen LogP contribution in [0, 0.1) is 11.5 Å². The van der Waals surface area contributed by atoms with Crippen LogP contribution >= 0.6 is 0 Å². The Kier molecular flexibility index (Phi) is 4.23. The Balaban J connectivity index is 1.83. The fourth-order valence-electron chi connectivity index (χ4n) is 1.39. The van der Waals surface area contributed by atoms with Crippen molar-refractivity contribution in [2.24, 2.45) is 0 Å². The van der Waals surface area contributed by atoms with E-state index in [2.05, 4.69) is 16.4 Å². The maximum Gasteiger partial charge on any atom is 0.413 e. The summed E-state index contributed by atoms with van der Waals surface area (Å²) >= 11 is 0. The van der Waals surface area contributed by atoms with Gasteiger partial charge in [-0.1, -0.05) is 36.4 Å². The summed E-state index contributed by atoms with van der Waals surface area (Å²) in [5, 5.41) is 9.97. The third-order valence-electron chi connectivity index (χ3n) is 2.31. The van der Waals surface area contributed by atoms with Gasteiger partial charge >= 0.3 is 6.09 Å². The van der Waals surface area contributed by atoms with Gasteiger partial charge in [0.25, 0.3) is 0 Å². The predicted octanol–water partition coefficient (Wildman–Crippen LogP) is 2.13. The normalized spacial score (nSPS) is 9.68. The van der Waals surface area contributed by atoms with E-state index in [0.717, 1.165) is 5.56 Å². The zero-order valence-electron chi connectivity index (χ0n) is 10.1. The van der Waals surface area contributed by atoms with Crippen LogP contribution in [0.1, 0.15) is 11.3 Å². The number of nitrogens with zero attached hydrogens (tertiary/aromatic N) is 1. The number of aromatic nitrogens is 1. The largest absolute Gasteiger partial charge is 0.444 e. The smallest absolute Gasteiger partial charge is 0.413 e. The predicted molar refractivity (Wildman–Crippen MR) is 69.7 cm³/mol. The summed E-state index contributed by atoms with van der Waals surface area (Å²) in [6.07, 6.45) is 0.754. The number of rotatable bonds is 3. The summed E-state index contributed by atoms with van der Waals surface area (Å²) in [4.78, 5) is 15.4. The number of nitrogens with one attached hydrogen (secondary N) is 2. The van der Waals surface area contributed by atoms with Crippen molar-refractivity contribution in [2.45, 2.75) is 6.61 Å². The van der Waals surface area contributed by atoms with Crippen LogP contribution in [0.5, 0.6) is 0 Å². The molecule has 1 aromatic carbocycles. The van der Waals surface area contributed by atoms with E-state index >= 15 is 0 Å². The molecule has 0 fully saturated rings. The van der Waals surface area contributed by atoms with Gasteiger partial charge in [-0.25, -0.2) is 4.79 Å². The van der Waals surface area contributed by atoms with Gasteiger partial charge < -0.3 is 4.74 Å². The van der Waals surface area contributed by atoms with Gasteiger partial charge in [-0.05, 0) is 11.6 Å². The molecule has 0 aliphatic carbocycles. The molecule has 0 atom stereocenters. The highest BCUT2D eigenvalue weighted by molar-refractivity contribution is 6.03. The van der Waals surface area contributed by atoms with Crippen molar-refractivity contribution >= 4 is 11.9 Å². The highest BCUT2D eigenvalue weighted by Gasteiger charge is 2.08. The van der Waals surface area contributed by atoms with Crippen molar-refractivity contribution < 1.29 is 9.53 Å². The maximum atomic E-state index is 11.5. The second-order valence-corrected chi connectivity index (χ2v) is 3.71. The minimum Gasteiger partial charge on any atom is -0.444 e. The van der Waals surface area contributed by atoms with Crippen LogP contribution < -0.4 is 5.32 Å². The summed E-state index contributed by atoms with van der Waals surface area (Å²) in [6, 6.07) is 15.3. The molecular weight excluding hydrogens is 242 g/mol. The van der Waals surface area contributed by atoms with E-state index in [1.54, 1.807) is 12.1 Å². The van der Waals surface area contributed by atoms with Crippen LogP contribution in [0.3, 0.4) is 0 Å². The number of hydrogen-bond donors (Lipinski definition) is 2. The molecular formula is C14H12N3O2. The Bertz CT molecular complexity index is 555. The number of carbonyl (C=O) groups is 1. The molecule has 5 nitrogen and oxygen atoms in total. The SMILES string of the molecule is N=C(NC(=O)OCc1ccccc1)c1cc[c]cn1. The van der Waals surface area contributed by atoms with Crippen LogP contribution in [0.2, 0.25) is 0 Å². The molecule has 95 valence electrons. The third kappa shape index (κ3) is 3.92. The van der Waals surface area contributed by atoms with E-state index in [1.165, 1.54) is 6.20 Å². The standard InChI is InChI=1S/C14H12N3O2/c15-13(12-8-4-5-9-16-12)17-14(18)19-10-11-6-2-1-3-7-11/h1-4,6-9H,10H2,(H2,15,17,18). The van der Waals surface area contributed by atoms with Crippen molar-refractivity contribution in [3.8, 4) is 0 Å². The highest BCUT2D eigenvalue weighted by Crippen LogP contribution is 2.00. The minimum atomic E-state index is -0.677. The fourth-order valence-corrected chi connectivity index (χ4v) is 1.39. The molecule has 2 rings (SSSR count). The molecule has 19 heavy (non-hydrogen) atoms. The topological polar surface area (TPSA) is 75.1 Å². The number of carbonyl (C=O) groups excluding carboxylic acids is 1. The van der Waals surface area contributed by atoms with Crippen LogP contribution in [0.25, 0.3) is 0 Å². The summed E-state index contributed by atoms with van der Waals surface area (Å²) < 4.78 is 4.99. The van der Waals surface area contributed by atoms with Gasteiger partial charge in [0.2, 0.25) is 0 Å². The van der Waals surface area contributed by atoms with Crippen molar-refractivity contribution in [1.82, 2.24) is 10.3 Å². The molecule has 0 spiro atoms. The Morgan fingerprint density at radius 1 is 1.32 bits per heavy atom. The fraction of sp³-hybridized carbons (Fsp3) is 0.0714. The van der Waals surface area contributed by atoms with Crippen molar-refractivity contribution in [3.05, 3.63) is 66.0 Å². The number of hydrogen-bond acceptors (Lipinski definition) is 4. The van der Waals surface area contributed by atoms with Gasteiger partial charge in [0.1, 0.15) is 12.3 Å². The molecule has 1 amide bonds. The Hall–Kier alpha value is -2.69. The second-order valence-electron chi connectivity index (χ2n) is 3.71. The molecule has 0 unspecified atom stereocenters. The second kappa shape index (κ2) is 6.30. The minimum absolute atomic E-state index is 0.105. The van der Waals surface area contributed by atoms with Gasteiger partial charge in [0.05, 0.1) is 0 Å². The number of benzene rings is 1. The molecule has 0 aliphatic rings.